The molecule has 1 aromatic carbocycles. The smallest absolute Gasteiger partial charge is 0.286 e. The van der Waals surface area contributed by atoms with Gasteiger partial charge in [-0.2, -0.15) is 0 Å². The van der Waals surface area contributed by atoms with E-state index < -0.39 is 12.0 Å². The zero-order valence-corrected chi connectivity index (χ0v) is 8.73. The van der Waals surface area contributed by atoms with Crippen molar-refractivity contribution in [3.8, 4) is 0 Å². The van der Waals surface area contributed by atoms with Crippen LogP contribution in [0.4, 0.5) is 5.69 Å². The number of nitrogens with two attached hydrogens (primary N) is 2. The standard InChI is InChI=1S/C11H12N2O3/c1-5(14)6-2-3-8-7(4-6)9(12)10(16-8)11(13)15/h2-5,14H,12H2,1H3,(H2,13,15). The number of carbonyl (C=O) groups is 1. The van der Waals surface area contributed by atoms with Crippen molar-refractivity contribution < 1.29 is 14.3 Å². The molecule has 0 aliphatic heterocycles. The summed E-state index contributed by atoms with van der Waals surface area (Å²) in [6.45, 7) is 1.65. The minimum absolute atomic E-state index is 0.0438. The summed E-state index contributed by atoms with van der Waals surface area (Å²) < 4.78 is 5.21. The number of aliphatic hydroxyl groups excluding tert-OH is 1. The normalized spacial score (nSPS) is 12.9. The van der Waals surface area contributed by atoms with Gasteiger partial charge in [0.25, 0.3) is 5.91 Å². The molecule has 5 N–H and O–H groups in total. The predicted molar refractivity (Wildman–Crippen MR) is 59.8 cm³/mol. The van der Waals surface area contributed by atoms with Gasteiger partial charge in [-0.3, -0.25) is 4.79 Å². The Balaban J connectivity index is 2.69. The first-order chi connectivity index (χ1) is 7.50. The Bertz CT molecular complexity index is 558. The zero-order valence-electron chi connectivity index (χ0n) is 8.73. The predicted octanol–water partition coefficient (Wildman–Crippen LogP) is 1.17. The van der Waals surface area contributed by atoms with Crippen molar-refractivity contribution in [1.29, 1.82) is 0 Å². The van der Waals surface area contributed by atoms with E-state index >= 15 is 0 Å². The first kappa shape index (κ1) is 10.5. The van der Waals surface area contributed by atoms with Gasteiger partial charge >= 0.3 is 0 Å². The minimum Gasteiger partial charge on any atom is -0.449 e. The SMILES string of the molecule is CC(O)c1ccc2oc(C(N)=O)c(N)c2c1. The first-order valence-corrected chi connectivity index (χ1v) is 4.80. The number of hydrogen-bond acceptors (Lipinski definition) is 4. The van der Waals surface area contributed by atoms with Gasteiger partial charge in [0.1, 0.15) is 5.58 Å². The van der Waals surface area contributed by atoms with Crippen LogP contribution in [0.15, 0.2) is 22.6 Å². The Hall–Kier alpha value is -2.01. The van der Waals surface area contributed by atoms with E-state index in [9.17, 15) is 9.90 Å². The molecule has 2 aromatic rings. The van der Waals surface area contributed by atoms with E-state index in [4.69, 9.17) is 15.9 Å². The molecule has 2 rings (SSSR count). The van der Waals surface area contributed by atoms with Crippen molar-refractivity contribution in [2.24, 2.45) is 5.73 Å². The Kier molecular flexibility index (Phi) is 2.32. The average Bonchev–Trinajstić information content (AvgIpc) is 2.56. The molecule has 0 saturated heterocycles. The quantitative estimate of drug-likeness (QED) is 0.706. The second-order valence-electron chi connectivity index (χ2n) is 3.64. The fraction of sp³-hybridized carbons (Fsp3) is 0.182. The first-order valence-electron chi connectivity index (χ1n) is 4.80. The number of furan rings is 1. The highest BCUT2D eigenvalue weighted by Crippen LogP contribution is 2.30. The number of hydrogen-bond donors (Lipinski definition) is 3. The van der Waals surface area contributed by atoms with E-state index in [1.54, 1.807) is 25.1 Å². The lowest BCUT2D eigenvalue weighted by Crippen LogP contribution is -2.11. The van der Waals surface area contributed by atoms with Crippen LogP contribution in [0.5, 0.6) is 0 Å². The lowest BCUT2D eigenvalue weighted by molar-refractivity contribution is 0.0977. The third-order valence-corrected chi connectivity index (χ3v) is 2.46. The molecule has 5 heteroatoms. The van der Waals surface area contributed by atoms with Crippen molar-refractivity contribution in [1.82, 2.24) is 0 Å². The molecule has 0 radical (unpaired) electrons. The number of anilines is 1. The molecular weight excluding hydrogens is 208 g/mol. The van der Waals surface area contributed by atoms with Crippen molar-refractivity contribution in [2.75, 3.05) is 5.73 Å². The molecule has 1 heterocycles. The Labute approximate surface area is 91.6 Å². The summed E-state index contributed by atoms with van der Waals surface area (Å²) in [6.07, 6.45) is -0.601. The molecule has 5 nitrogen and oxygen atoms in total. The van der Waals surface area contributed by atoms with E-state index in [-0.39, 0.29) is 11.4 Å². The lowest BCUT2D eigenvalue weighted by Gasteiger charge is -2.03. The van der Waals surface area contributed by atoms with Gasteiger partial charge in [-0.1, -0.05) is 6.07 Å². The fourth-order valence-corrected chi connectivity index (χ4v) is 1.58. The van der Waals surface area contributed by atoms with Crippen LogP contribution in [-0.2, 0) is 0 Å². The van der Waals surface area contributed by atoms with Gasteiger partial charge in [0, 0.05) is 5.39 Å². The highest BCUT2D eigenvalue weighted by Gasteiger charge is 2.16. The molecule has 1 atom stereocenters. The van der Waals surface area contributed by atoms with E-state index in [2.05, 4.69) is 0 Å². The van der Waals surface area contributed by atoms with Gasteiger partial charge in [-0.05, 0) is 24.6 Å². The molecule has 16 heavy (non-hydrogen) atoms. The number of primary amides is 1. The van der Waals surface area contributed by atoms with E-state index in [0.29, 0.717) is 16.5 Å². The lowest BCUT2D eigenvalue weighted by atomic mass is 10.1. The molecule has 0 fully saturated rings. The summed E-state index contributed by atoms with van der Waals surface area (Å²) in [7, 11) is 0. The fourth-order valence-electron chi connectivity index (χ4n) is 1.58. The number of amides is 1. The summed E-state index contributed by atoms with van der Waals surface area (Å²) in [5.74, 6) is -0.745. The van der Waals surface area contributed by atoms with E-state index in [0.717, 1.165) is 0 Å². The summed E-state index contributed by atoms with van der Waals surface area (Å²) in [5.41, 5.74) is 12.2. The molecule has 0 aliphatic rings. The van der Waals surface area contributed by atoms with E-state index in [1.807, 2.05) is 0 Å². The maximum atomic E-state index is 11.0. The topological polar surface area (TPSA) is 102 Å². The minimum atomic E-state index is -0.702. The van der Waals surface area contributed by atoms with Gasteiger partial charge in [-0.25, -0.2) is 0 Å². The van der Waals surface area contributed by atoms with Gasteiger partial charge in [0.15, 0.2) is 0 Å². The van der Waals surface area contributed by atoms with Crippen molar-refractivity contribution in [3.63, 3.8) is 0 Å². The molecule has 0 spiro atoms. The van der Waals surface area contributed by atoms with Crippen molar-refractivity contribution in [2.45, 2.75) is 13.0 Å². The second-order valence-corrected chi connectivity index (χ2v) is 3.64. The zero-order chi connectivity index (χ0) is 11.9. The Morgan fingerprint density at radius 2 is 2.19 bits per heavy atom. The van der Waals surface area contributed by atoms with E-state index in [1.165, 1.54) is 0 Å². The molecule has 0 saturated carbocycles. The van der Waals surface area contributed by atoms with Crippen LogP contribution in [0.25, 0.3) is 11.0 Å². The highest BCUT2D eigenvalue weighted by atomic mass is 16.3. The van der Waals surface area contributed by atoms with Gasteiger partial charge in [0.2, 0.25) is 5.76 Å². The van der Waals surface area contributed by atoms with Crippen molar-refractivity contribution in [3.05, 3.63) is 29.5 Å². The molecule has 0 aliphatic carbocycles. The average molecular weight is 220 g/mol. The largest absolute Gasteiger partial charge is 0.449 e. The molecule has 1 unspecified atom stereocenters. The molecular formula is C11H12N2O3. The third-order valence-electron chi connectivity index (χ3n) is 2.46. The maximum absolute atomic E-state index is 11.0. The number of aliphatic hydroxyl groups is 1. The molecule has 1 amide bonds. The number of nitrogen functional groups attached to an aromatic ring is 1. The van der Waals surface area contributed by atoms with Crippen LogP contribution >= 0.6 is 0 Å². The third kappa shape index (κ3) is 1.51. The van der Waals surface area contributed by atoms with Gasteiger partial charge in [0.05, 0.1) is 11.8 Å². The second kappa shape index (κ2) is 3.53. The molecule has 84 valence electrons. The summed E-state index contributed by atoms with van der Waals surface area (Å²) in [6, 6.07) is 5.05. The van der Waals surface area contributed by atoms with Crippen molar-refractivity contribution >= 4 is 22.6 Å². The molecule has 1 aromatic heterocycles. The maximum Gasteiger partial charge on any atom is 0.286 e. The molecule has 0 bridgehead atoms. The number of fused-ring (bicyclic) bond motifs is 1. The number of rotatable bonds is 2. The Morgan fingerprint density at radius 3 is 2.75 bits per heavy atom. The van der Waals surface area contributed by atoms with Crippen LogP contribution < -0.4 is 11.5 Å². The van der Waals surface area contributed by atoms with Gasteiger partial charge < -0.3 is 21.0 Å². The highest BCUT2D eigenvalue weighted by molar-refractivity contribution is 6.04. The monoisotopic (exact) mass is 220 g/mol. The number of benzene rings is 1. The van der Waals surface area contributed by atoms with Crippen LogP contribution in [0, 0.1) is 0 Å². The van der Waals surface area contributed by atoms with Crippen LogP contribution in [0.1, 0.15) is 29.1 Å². The number of carbonyl (C=O) groups excluding carboxylic acids is 1. The van der Waals surface area contributed by atoms with Crippen LogP contribution in [-0.4, -0.2) is 11.0 Å². The van der Waals surface area contributed by atoms with Crippen LogP contribution in [0.2, 0.25) is 0 Å². The summed E-state index contributed by atoms with van der Waals surface area (Å²) in [4.78, 5) is 11.0. The Morgan fingerprint density at radius 1 is 1.50 bits per heavy atom. The van der Waals surface area contributed by atoms with Gasteiger partial charge in [-0.15, -0.1) is 0 Å². The summed E-state index contributed by atoms with van der Waals surface area (Å²) in [5, 5.41) is 10.0. The van der Waals surface area contributed by atoms with Crippen LogP contribution in [0.3, 0.4) is 0 Å². The summed E-state index contributed by atoms with van der Waals surface area (Å²) >= 11 is 0.